The van der Waals surface area contributed by atoms with Crippen LogP contribution in [-0.2, 0) is 14.4 Å². The second kappa shape index (κ2) is 9.76. The molecule has 3 aromatic rings. The predicted octanol–water partition coefficient (Wildman–Crippen LogP) is 4.49. The number of ether oxygens (including phenoxy) is 1. The molecule has 174 valence electrons. The summed E-state index contributed by atoms with van der Waals surface area (Å²) in [6.45, 7) is 3.20. The van der Waals surface area contributed by atoms with Crippen molar-refractivity contribution < 1.29 is 29.1 Å². The van der Waals surface area contributed by atoms with Crippen LogP contribution in [0.2, 0.25) is 0 Å². The summed E-state index contributed by atoms with van der Waals surface area (Å²) in [6, 6.07) is 20.9. The van der Waals surface area contributed by atoms with Crippen molar-refractivity contribution in [1.82, 2.24) is 5.48 Å². The van der Waals surface area contributed by atoms with E-state index in [0.717, 1.165) is 27.8 Å². The first kappa shape index (κ1) is 23.0. The second-order valence-corrected chi connectivity index (χ2v) is 8.03. The van der Waals surface area contributed by atoms with Gasteiger partial charge in [-0.15, -0.1) is 0 Å². The lowest BCUT2D eigenvalue weighted by atomic mass is 9.98. The Balaban J connectivity index is 1.45. The van der Waals surface area contributed by atoms with Crippen LogP contribution >= 0.6 is 0 Å². The number of amides is 2. The molecule has 1 unspecified atom stereocenters. The van der Waals surface area contributed by atoms with Crippen molar-refractivity contribution in [1.29, 1.82) is 0 Å². The Hall–Kier alpha value is -4.17. The summed E-state index contributed by atoms with van der Waals surface area (Å²) in [6.07, 6.45) is -1.94. The molecule has 0 fully saturated rings. The number of carboxylic acid groups (broad SMARTS) is 1. The molecule has 8 nitrogen and oxygen atoms in total. The number of hydrogen-bond donors (Lipinski definition) is 3. The average Bonchev–Trinajstić information content (AvgIpc) is 3.15. The minimum Gasteiger partial charge on any atom is -0.479 e. The van der Waals surface area contributed by atoms with Crippen molar-refractivity contribution in [2.45, 2.75) is 25.9 Å². The Morgan fingerprint density at radius 3 is 2.21 bits per heavy atom. The van der Waals surface area contributed by atoms with Crippen LogP contribution in [0.25, 0.3) is 11.1 Å². The first-order valence-corrected chi connectivity index (χ1v) is 10.8. The maximum Gasteiger partial charge on any atom is 0.411 e. The van der Waals surface area contributed by atoms with Crippen LogP contribution in [0.1, 0.15) is 39.9 Å². The second-order valence-electron chi connectivity index (χ2n) is 8.03. The molecule has 1 atom stereocenters. The summed E-state index contributed by atoms with van der Waals surface area (Å²) >= 11 is 0. The molecule has 3 aromatic carbocycles. The number of benzene rings is 3. The lowest BCUT2D eigenvalue weighted by Crippen LogP contribution is -2.33. The summed E-state index contributed by atoms with van der Waals surface area (Å²) in [4.78, 5) is 40.9. The van der Waals surface area contributed by atoms with Gasteiger partial charge in [0.1, 0.15) is 6.61 Å². The molecule has 0 bridgehead atoms. The third kappa shape index (κ3) is 4.77. The highest BCUT2D eigenvalue weighted by Gasteiger charge is 2.29. The van der Waals surface area contributed by atoms with Crippen molar-refractivity contribution in [2.75, 3.05) is 11.9 Å². The van der Waals surface area contributed by atoms with Gasteiger partial charge in [-0.05, 0) is 48.2 Å². The van der Waals surface area contributed by atoms with E-state index < -0.39 is 24.1 Å². The Morgan fingerprint density at radius 1 is 0.971 bits per heavy atom. The molecule has 1 aliphatic carbocycles. The highest BCUT2D eigenvalue weighted by molar-refractivity contribution is 6.02. The van der Waals surface area contributed by atoms with Crippen LogP contribution < -0.4 is 10.8 Å². The van der Waals surface area contributed by atoms with E-state index in [4.69, 9.17) is 14.7 Å². The minimum atomic E-state index is -1.23. The van der Waals surface area contributed by atoms with Crippen LogP contribution in [0.15, 0.2) is 66.7 Å². The lowest BCUT2D eigenvalue weighted by Gasteiger charge is -2.16. The number of carbonyl (C=O) groups excluding carboxylic acids is 2. The molecule has 0 aromatic heterocycles. The SMILES string of the molecule is Cc1ccc(NC(=O)OCC2c3ccccc3-c3ccccc32)c(C(=O)NOC(C)C(=O)O)c1. The van der Waals surface area contributed by atoms with E-state index in [1.807, 2.05) is 36.4 Å². The van der Waals surface area contributed by atoms with Crippen LogP contribution in [0.5, 0.6) is 0 Å². The summed E-state index contributed by atoms with van der Waals surface area (Å²) < 4.78 is 5.55. The topological polar surface area (TPSA) is 114 Å². The van der Waals surface area contributed by atoms with Gasteiger partial charge in [0.2, 0.25) is 0 Å². The quantitative estimate of drug-likeness (QED) is 0.448. The number of hydrogen-bond acceptors (Lipinski definition) is 5. The van der Waals surface area contributed by atoms with Gasteiger partial charge < -0.3 is 9.84 Å². The molecule has 34 heavy (non-hydrogen) atoms. The fourth-order valence-corrected chi connectivity index (χ4v) is 3.95. The van der Waals surface area contributed by atoms with E-state index in [-0.39, 0.29) is 23.8 Å². The third-order valence-electron chi connectivity index (χ3n) is 5.68. The molecule has 0 aliphatic heterocycles. The third-order valence-corrected chi connectivity index (χ3v) is 5.68. The summed E-state index contributed by atoms with van der Waals surface area (Å²) in [5.41, 5.74) is 7.65. The van der Waals surface area contributed by atoms with E-state index >= 15 is 0 Å². The molecular weight excluding hydrogens is 436 g/mol. The zero-order valence-corrected chi connectivity index (χ0v) is 18.7. The zero-order valence-electron chi connectivity index (χ0n) is 18.7. The van der Waals surface area contributed by atoms with Crippen LogP contribution in [0.4, 0.5) is 10.5 Å². The molecule has 0 saturated carbocycles. The van der Waals surface area contributed by atoms with Gasteiger partial charge in [0.15, 0.2) is 6.10 Å². The normalized spacial score (nSPS) is 12.9. The van der Waals surface area contributed by atoms with Gasteiger partial charge in [-0.1, -0.05) is 60.2 Å². The number of hydroxylamine groups is 1. The minimum absolute atomic E-state index is 0.0927. The van der Waals surface area contributed by atoms with Gasteiger partial charge in [-0.3, -0.25) is 14.9 Å². The predicted molar refractivity (Wildman–Crippen MR) is 126 cm³/mol. The van der Waals surface area contributed by atoms with Gasteiger partial charge in [-0.25, -0.2) is 15.1 Å². The van der Waals surface area contributed by atoms with E-state index in [9.17, 15) is 14.4 Å². The summed E-state index contributed by atoms with van der Waals surface area (Å²) in [5, 5.41) is 11.5. The first-order chi connectivity index (χ1) is 16.3. The molecule has 4 rings (SSSR count). The highest BCUT2D eigenvalue weighted by atomic mass is 16.7. The fraction of sp³-hybridized carbons (Fsp3) is 0.192. The highest BCUT2D eigenvalue weighted by Crippen LogP contribution is 2.44. The molecular formula is C26H24N2O6. The van der Waals surface area contributed by atoms with E-state index in [1.54, 1.807) is 25.1 Å². The Bertz CT molecular complexity index is 1210. The number of aryl methyl sites for hydroxylation is 1. The van der Waals surface area contributed by atoms with Crippen LogP contribution in [0.3, 0.4) is 0 Å². The van der Waals surface area contributed by atoms with E-state index in [1.165, 1.54) is 6.92 Å². The van der Waals surface area contributed by atoms with Gasteiger partial charge in [0, 0.05) is 5.92 Å². The van der Waals surface area contributed by atoms with Crippen molar-refractivity contribution in [3.05, 3.63) is 89.0 Å². The number of aliphatic carboxylic acids is 1. The number of carbonyl (C=O) groups is 3. The Labute approximate surface area is 196 Å². The molecule has 0 radical (unpaired) electrons. The van der Waals surface area contributed by atoms with Gasteiger partial charge >= 0.3 is 12.1 Å². The van der Waals surface area contributed by atoms with Crippen molar-refractivity contribution in [3.8, 4) is 11.1 Å². The molecule has 1 aliphatic rings. The Morgan fingerprint density at radius 2 is 1.59 bits per heavy atom. The Kier molecular flexibility index (Phi) is 6.60. The van der Waals surface area contributed by atoms with E-state index in [2.05, 4.69) is 22.9 Å². The summed E-state index contributed by atoms with van der Waals surface area (Å²) in [7, 11) is 0. The fourth-order valence-electron chi connectivity index (χ4n) is 3.95. The smallest absolute Gasteiger partial charge is 0.411 e. The number of fused-ring (bicyclic) bond motifs is 3. The number of nitrogens with one attached hydrogen (secondary N) is 2. The molecule has 8 heteroatoms. The maximum atomic E-state index is 12.6. The molecule has 0 saturated heterocycles. The van der Waals surface area contributed by atoms with Crippen molar-refractivity contribution in [3.63, 3.8) is 0 Å². The standard InChI is InChI=1S/C26H24N2O6/c1-15-11-12-23(21(13-15)24(29)28-34-16(2)25(30)31)27-26(32)33-14-22-19-9-5-3-7-17(19)18-8-4-6-10-20(18)22/h3-13,16,22H,14H2,1-2H3,(H,27,32)(H,28,29)(H,30,31). The van der Waals surface area contributed by atoms with Gasteiger partial charge in [0.05, 0.1) is 11.3 Å². The monoisotopic (exact) mass is 460 g/mol. The molecule has 3 N–H and O–H groups in total. The lowest BCUT2D eigenvalue weighted by molar-refractivity contribution is -0.152. The van der Waals surface area contributed by atoms with Gasteiger partial charge in [-0.2, -0.15) is 0 Å². The van der Waals surface area contributed by atoms with Crippen LogP contribution in [-0.4, -0.2) is 35.8 Å². The zero-order chi connectivity index (χ0) is 24.2. The van der Waals surface area contributed by atoms with Gasteiger partial charge in [0.25, 0.3) is 5.91 Å². The first-order valence-electron chi connectivity index (χ1n) is 10.8. The maximum absolute atomic E-state index is 12.6. The van der Waals surface area contributed by atoms with Crippen LogP contribution in [0, 0.1) is 6.92 Å². The molecule has 0 spiro atoms. The number of rotatable bonds is 7. The summed E-state index contributed by atoms with van der Waals surface area (Å²) in [5.74, 6) is -2.00. The van der Waals surface area contributed by atoms with E-state index in [0.29, 0.717) is 0 Å². The van der Waals surface area contributed by atoms with Crippen molar-refractivity contribution in [2.24, 2.45) is 0 Å². The molecule has 0 heterocycles. The van der Waals surface area contributed by atoms with Crippen molar-refractivity contribution >= 4 is 23.7 Å². The number of carboxylic acids is 1. The molecule has 2 amide bonds. The number of anilines is 1. The average molecular weight is 460 g/mol. The largest absolute Gasteiger partial charge is 0.479 e.